The van der Waals surface area contributed by atoms with Crippen LogP contribution >= 0.6 is 0 Å². The van der Waals surface area contributed by atoms with Crippen LogP contribution in [0.2, 0.25) is 0 Å². The van der Waals surface area contributed by atoms with Crippen molar-refractivity contribution >= 4 is 29.5 Å². The highest BCUT2D eigenvalue weighted by atomic mass is 16.5. The van der Waals surface area contributed by atoms with E-state index in [0.29, 0.717) is 37.1 Å². The molecule has 0 bridgehead atoms. The average Bonchev–Trinajstić information content (AvgIpc) is 3.47. The molecule has 0 saturated carbocycles. The standard InChI is InChI=1S/C31H34N2O8/c1-17(2)28(32-31(38)39-3)29(36)33-11-5-7-24(33)30(37)41-16-26(35)19-9-10-21-20(12-19)15-40-27-14-22-18(13-23(21)27)6-4-8-25(22)34/h9-10,12-14,17,24,28H,4-8,11,15-16H2,1-3H3,(H,32,38). The van der Waals surface area contributed by atoms with Crippen molar-refractivity contribution in [1.29, 1.82) is 0 Å². The first-order valence-corrected chi connectivity index (χ1v) is 14.0. The number of ketones is 2. The number of nitrogens with zero attached hydrogens (tertiary/aromatic N) is 1. The highest BCUT2D eigenvalue weighted by molar-refractivity contribution is 6.01. The topological polar surface area (TPSA) is 128 Å². The molecule has 0 aromatic heterocycles. The number of methoxy groups -OCH3 is 1. The second kappa shape index (κ2) is 11.7. The van der Waals surface area contributed by atoms with E-state index in [0.717, 1.165) is 40.7 Å². The third-order valence-electron chi connectivity index (χ3n) is 8.00. The minimum absolute atomic E-state index is 0.140. The van der Waals surface area contributed by atoms with E-state index in [-0.39, 0.29) is 24.1 Å². The highest BCUT2D eigenvalue weighted by Gasteiger charge is 2.40. The molecule has 1 fully saturated rings. The van der Waals surface area contributed by atoms with Crippen LogP contribution in [0.15, 0.2) is 30.3 Å². The molecule has 41 heavy (non-hydrogen) atoms. The van der Waals surface area contributed by atoms with Crippen molar-refractivity contribution in [2.75, 3.05) is 20.3 Å². The molecule has 1 aliphatic carbocycles. The molecule has 2 amide bonds. The van der Waals surface area contributed by atoms with Crippen molar-refractivity contribution in [3.05, 3.63) is 52.6 Å². The Balaban J connectivity index is 1.24. The van der Waals surface area contributed by atoms with Gasteiger partial charge in [-0.2, -0.15) is 0 Å². The lowest BCUT2D eigenvalue weighted by Crippen LogP contribution is -2.54. The van der Waals surface area contributed by atoms with E-state index >= 15 is 0 Å². The molecule has 1 N–H and O–H groups in total. The first-order chi connectivity index (χ1) is 19.7. The maximum atomic E-state index is 13.2. The molecule has 2 atom stereocenters. The first kappa shape index (κ1) is 28.3. The maximum absolute atomic E-state index is 13.2. The Morgan fingerprint density at radius 3 is 2.59 bits per heavy atom. The predicted molar refractivity (Wildman–Crippen MR) is 148 cm³/mol. The minimum Gasteiger partial charge on any atom is -0.488 e. The van der Waals surface area contributed by atoms with Gasteiger partial charge >= 0.3 is 12.1 Å². The van der Waals surface area contributed by atoms with Gasteiger partial charge in [0.15, 0.2) is 18.2 Å². The van der Waals surface area contributed by atoms with Crippen molar-refractivity contribution in [2.24, 2.45) is 5.92 Å². The third kappa shape index (κ3) is 5.68. The maximum Gasteiger partial charge on any atom is 0.407 e. The van der Waals surface area contributed by atoms with E-state index in [1.54, 1.807) is 26.0 Å². The molecule has 10 nitrogen and oxygen atoms in total. The second-order valence-electron chi connectivity index (χ2n) is 11.0. The van der Waals surface area contributed by atoms with Crippen LogP contribution in [-0.2, 0) is 32.1 Å². The van der Waals surface area contributed by atoms with Gasteiger partial charge in [0, 0.05) is 29.7 Å². The Labute approximate surface area is 238 Å². The van der Waals surface area contributed by atoms with E-state index in [1.165, 1.54) is 12.0 Å². The molecule has 0 radical (unpaired) electrons. The Bertz CT molecular complexity index is 1420. The summed E-state index contributed by atoms with van der Waals surface area (Å²) in [5.41, 5.74) is 4.82. The van der Waals surface area contributed by atoms with Crippen molar-refractivity contribution in [3.63, 3.8) is 0 Å². The number of ether oxygens (including phenoxy) is 3. The molecular formula is C31H34N2O8. The fourth-order valence-electron chi connectivity index (χ4n) is 5.77. The summed E-state index contributed by atoms with van der Waals surface area (Å²) in [7, 11) is 1.22. The predicted octanol–water partition coefficient (Wildman–Crippen LogP) is 3.86. The molecule has 216 valence electrons. The van der Waals surface area contributed by atoms with Crippen LogP contribution in [0.4, 0.5) is 4.79 Å². The number of carbonyl (C=O) groups is 5. The zero-order valence-corrected chi connectivity index (χ0v) is 23.5. The molecule has 2 aromatic rings. The van der Waals surface area contributed by atoms with Crippen molar-refractivity contribution < 1.29 is 38.2 Å². The largest absolute Gasteiger partial charge is 0.488 e. The lowest BCUT2D eigenvalue weighted by Gasteiger charge is -2.29. The number of benzene rings is 2. The Kier molecular flexibility index (Phi) is 8.10. The van der Waals surface area contributed by atoms with Gasteiger partial charge in [-0.05, 0) is 66.5 Å². The van der Waals surface area contributed by atoms with E-state index in [2.05, 4.69) is 10.1 Å². The Morgan fingerprint density at radius 2 is 1.83 bits per heavy atom. The molecule has 2 aromatic carbocycles. The summed E-state index contributed by atoms with van der Waals surface area (Å²) < 4.78 is 16.0. The second-order valence-corrected chi connectivity index (χ2v) is 11.0. The van der Waals surface area contributed by atoms with E-state index < -0.39 is 36.7 Å². The van der Waals surface area contributed by atoms with Crippen LogP contribution in [-0.4, -0.2) is 66.8 Å². The molecule has 2 heterocycles. The molecular weight excluding hydrogens is 528 g/mol. The van der Waals surface area contributed by atoms with Crippen LogP contribution < -0.4 is 10.1 Å². The summed E-state index contributed by atoms with van der Waals surface area (Å²) in [5.74, 6) is -0.839. The smallest absolute Gasteiger partial charge is 0.407 e. The summed E-state index contributed by atoms with van der Waals surface area (Å²) >= 11 is 0. The average molecular weight is 563 g/mol. The van der Waals surface area contributed by atoms with Gasteiger partial charge in [-0.3, -0.25) is 14.4 Å². The number of Topliss-reactive ketones (excluding diaryl/α,β-unsaturated/α-hetero) is 2. The number of rotatable bonds is 7. The minimum atomic E-state index is -0.855. The molecule has 2 unspecified atom stereocenters. The SMILES string of the molecule is COC(=O)NC(C(=O)N1CCCC1C(=O)OCC(=O)c1ccc2c(c1)COc1cc3c(cc1-2)CCCC3=O)C(C)C. The number of alkyl carbamates (subject to hydrolysis) is 1. The lowest BCUT2D eigenvalue weighted by atomic mass is 9.86. The molecule has 0 spiro atoms. The number of esters is 1. The number of hydrogen-bond acceptors (Lipinski definition) is 8. The van der Waals surface area contributed by atoms with Crippen molar-refractivity contribution in [2.45, 2.75) is 64.6 Å². The number of likely N-dealkylation sites (tertiary alicyclic amines) is 1. The van der Waals surface area contributed by atoms with Gasteiger partial charge in [0.25, 0.3) is 0 Å². The number of fused-ring (bicyclic) bond motifs is 4. The molecule has 3 aliphatic rings. The van der Waals surface area contributed by atoms with Crippen LogP contribution in [0.3, 0.4) is 0 Å². The third-order valence-corrected chi connectivity index (χ3v) is 8.00. The number of carbonyl (C=O) groups excluding carboxylic acids is 5. The van der Waals surface area contributed by atoms with E-state index in [1.807, 2.05) is 18.2 Å². The number of amides is 2. The van der Waals surface area contributed by atoms with Gasteiger partial charge in [0.1, 0.15) is 24.4 Å². The molecule has 5 rings (SSSR count). The van der Waals surface area contributed by atoms with Gasteiger partial charge < -0.3 is 24.4 Å². The van der Waals surface area contributed by atoms with Crippen LogP contribution in [0.1, 0.15) is 71.4 Å². The summed E-state index contributed by atoms with van der Waals surface area (Å²) in [6, 6.07) is 7.47. The monoisotopic (exact) mass is 562 g/mol. The quantitative estimate of drug-likeness (QED) is 0.398. The number of nitrogens with one attached hydrogen (secondary N) is 1. The summed E-state index contributed by atoms with van der Waals surface area (Å²) in [4.78, 5) is 64.6. The van der Waals surface area contributed by atoms with Crippen molar-refractivity contribution in [1.82, 2.24) is 10.2 Å². The van der Waals surface area contributed by atoms with E-state index in [4.69, 9.17) is 9.47 Å². The summed E-state index contributed by atoms with van der Waals surface area (Å²) in [5, 5.41) is 2.54. The number of hydrogen-bond donors (Lipinski definition) is 1. The zero-order valence-electron chi connectivity index (χ0n) is 23.5. The fraction of sp³-hybridized carbons (Fsp3) is 0.452. The summed E-state index contributed by atoms with van der Waals surface area (Å²) in [6.07, 6.45) is 2.52. The zero-order chi connectivity index (χ0) is 29.3. The molecule has 1 saturated heterocycles. The molecule has 2 aliphatic heterocycles. The highest BCUT2D eigenvalue weighted by Crippen LogP contribution is 2.41. The van der Waals surface area contributed by atoms with Gasteiger partial charge in [0.05, 0.1) is 7.11 Å². The summed E-state index contributed by atoms with van der Waals surface area (Å²) in [6.45, 7) is 3.72. The lowest BCUT2D eigenvalue weighted by molar-refractivity contribution is -0.153. The first-order valence-electron chi connectivity index (χ1n) is 14.0. The van der Waals surface area contributed by atoms with Crippen LogP contribution in [0.5, 0.6) is 5.75 Å². The van der Waals surface area contributed by atoms with Gasteiger partial charge in [-0.25, -0.2) is 9.59 Å². The van der Waals surface area contributed by atoms with Gasteiger partial charge in [0.2, 0.25) is 5.91 Å². The van der Waals surface area contributed by atoms with Gasteiger partial charge in [-0.1, -0.05) is 26.0 Å². The van der Waals surface area contributed by atoms with Crippen LogP contribution in [0.25, 0.3) is 11.1 Å². The molecule has 10 heteroatoms. The fourth-order valence-corrected chi connectivity index (χ4v) is 5.77. The van der Waals surface area contributed by atoms with Crippen molar-refractivity contribution in [3.8, 4) is 16.9 Å². The van der Waals surface area contributed by atoms with Gasteiger partial charge in [-0.15, -0.1) is 0 Å². The van der Waals surface area contributed by atoms with E-state index in [9.17, 15) is 24.0 Å². The Hall–Kier alpha value is -4.21. The Morgan fingerprint density at radius 1 is 1.02 bits per heavy atom. The number of aryl methyl sites for hydroxylation is 1. The normalized spacial score (nSPS) is 18.0. The van der Waals surface area contributed by atoms with Crippen LogP contribution in [0, 0.1) is 5.92 Å².